The number of aromatic nitrogens is 1. The van der Waals surface area contributed by atoms with E-state index in [0.29, 0.717) is 10.6 Å². The molecule has 0 saturated carbocycles. The van der Waals surface area contributed by atoms with Gasteiger partial charge in [-0.05, 0) is 23.6 Å². The van der Waals surface area contributed by atoms with E-state index in [1.807, 2.05) is 30.3 Å². The zero-order valence-corrected chi connectivity index (χ0v) is 11.2. The molecule has 2 aromatic heterocycles. The SMILES string of the molecule is O=C(O)c1ccsc1C(O)c1ccc2ccccc2n1. The topological polar surface area (TPSA) is 70.4 Å². The van der Waals surface area contributed by atoms with Crippen LogP contribution in [0.3, 0.4) is 0 Å². The van der Waals surface area contributed by atoms with E-state index in [4.69, 9.17) is 5.11 Å². The molecule has 0 amide bonds. The number of rotatable bonds is 3. The second kappa shape index (κ2) is 5.03. The van der Waals surface area contributed by atoms with Gasteiger partial charge in [0.05, 0.1) is 21.7 Å². The van der Waals surface area contributed by atoms with Gasteiger partial charge in [0.15, 0.2) is 0 Å². The Balaban J connectivity index is 2.05. The van der Waals surface area contributed by atoms with Crippen LogP contribution in [0.5, 0.6) is 0 Å². The number of hydrogen-bond donors (Lipinski definition) is 2. The van der Waals surface area contributed by atoms with Crippen molar-refractivity contribution >= 4 is 28.2 Å². The first-order valence-corrected chi connectivity index (χ1v) is 6.89. The molecule has 5 heteroatoms. The first kappa shape index (κ1) is 12.8. The Kier molecular flexibility index (Phi) is 3.22. The van der Waals surface area contributed by atoms with Crippen molar-refractivity contribution in [1.29, 1.82) is 0 Å². The fraction of sp³-hybridized carbons (Fsp3) is 0.0667. The summed E-state index contributed by atoms with van der Waals surface area (Å²) in [5.74, 6) is -1.04. The van der Waals surface area contributed by atoms with Gasteiger partial charge in [-0.1, -0.05) is 24.3 Å². The Morgan fingerprint density at radius 3 is 2.75 bits per heavy atom. The monoisotopic (exact) mass is 285 g/mol. The number of nitrogens with zero attached hydrogens (tertiary/aromatic N) is 1. The van der Waals surface area contributed by atoms with Gasteiger partial charge in [-0.3, -0.25) is 0 Å². The number of hydrogen-bond acceptors (Lipinski definition) is 4. The largest absolute Gasteiger partial charge is 0.478 e. The van der Waals surface area contributed by atoms with Crippen molar-refractivity contribution < 1.29 is 15.0 Å². The number of carboxylic acid groups (broad SMARTS) is 1. The molecule has 2 N–H and O–H groups in total. The normalized spacial score (nSPS) is 12.4. The van der Waals surface area contributed by atoms with Crippen molar-refractivity contribution in [1.82, 2.24) is 4.98 Å². The van der Waals surface area contributed by atoms with Crippen LogP contribution >= 0.6 is 11.3 Å². The third kappa shape index (κ3) is 2.17. The lowest BCUT2D eigenvalue weighted by atomic mass is 10.1. The first-order valence-electron chi connectivity index (χ1n) is 6.01. The van der Waals surface area contributed by atoms with Gasteiger partial charge in [-0.15, -0.1) is 11.3 Å². The van der Waals surface area contributed by atoms with Gasteiger partial charge in [-0.2, -0.15) is 0 Å². The molecule has 100 valence electrons. The number of aliphatic hydroxyl groups is 1. The summed E-state index contributed by atoms with van der Waals surface area (Å²) >= 11 is 1.22. The second-order valence-corrected chi connectivity index (χ2v) is 5.28. The van der Waals surface area contributed by atoms with Crippen molar-refractivity contribution in [3.05, 3.63) is 64.0 Å². The Bertz CT molecular complexity index is 781. The summed E-state index contributed by atoms with van der Waals surface area (Å²) in [7, 11) is 0. The minimum absolute atomic E-state index is 0.123. The lowest BCUT2D eigenvalue weighted by Gasteiger charge is -2.10. The molecule has 3 rings (SSSR count). The summed E-state index contributed by atoms with van der Waals surface area (Å²) in [4.78, 5) is 15.9. The second-order valence-electron chi connectivity index (χ2n) is 4.34. The highest BCUT2D eigenvalue weighted by Gasteiger charge is 2.21. The van der Waals surface area contributed by atoms with Gasteiger partial charge < -0.3 is 10.2 Å². The Morgan fingerprint density at radius 2 is 1.95 bits per heavy atom. The Hall–Kier alpha value is -2.24. The van der Waals surface area contributed by atoms with Crippen molar-refractivity contribution in [2.75, 3.05) is 0 Å². The predicted molar refractivity (Wildman–Crippen MR) is 77.1 cm³/mol. The minimum Gasteiger partial charge on any atom is -0.478 e. The third-order valence-electron chi connectivity index (χ3n) is 3.07. The maximum Gasteiger partial charge on any atom is 0.336 e. The van der Waals surface area contributed by atoms with Gasteiger partial charge in [-0.25, -0.2) is 9.78 Å². The number of thiophene rings is 1. The summed E-state index contributed by atoms with van der Waals surface area (Å²) in [5, 5.41) is 22.1. The van der Waals surface area contributed by atoms with E-state index < -0.39 is 12.1 Å². The number of para-hydroxylation sites is 1. The summed E-state index contributed by atoms with van der Waals surface area (Å²) in [6.07, 6.45) is -1.02. The lowest BCUT2D eigenvalue weighted by Crippen LogP contribution is -2.06. The highest BCUT2D eigenvalue weighted by Crippen LogP contribution is 2.29. The Morgan fingerprint density at radius 1 is 1.15 bits per heavy atom. The van der Waals surface area contributed by atoms with Crippen LogP contribution < -0.4 is 0 Å². The number of benzene rings is 1. The van der Waals surface area contributed by atoms with E-state index >= 15 is 0 Å². The van der Waals surface area contributed by atoms with Crippen LogP contribution in [0.4, 0.5) is 0 Å². The van der Waals surface area contributed by atoms with E-state index in [1.165, 1.54) is 17.4 Å². The van der Waals surface area contributed by atoms with Crippen LogP contribution in [0.15, 0.2) is 47.8 Å². The predicted octanol–water partition coefficient (Wildman–Crippen LogP) is 3.08. The molecule has 2 heterocycles. The molecule has 0 aliphatic carbocycles. The summed E-state index contributed by atoms with van der Waals surface area (Å²) in [6, 6.07) is 12.7. The zero-order valence-electron chi connectivity index (χ0n) is 10.4. The standard InChI is InChI=1S/C15H11NO3S/c17-13(14-10(15(18)19)7-8-20-14)12-6-5-9-3-1-2-4-11(9)16-12/h1-8,13,17H,(H,18,19). The van der Waals surface area contributed by atoms with E-state index in [2.05, 4.69) is 4.98 Å². The molecule has 0 saturated heterocycles. The van der Waals surface area contributed by atoms with Crippen LogP contribution in [0.25, 0.3) is 10.9 Å². The highest BCUT2D eigenvalue weighted by molar-refractivity contribution is 7.10. The van der Waals surface area contributed by atoms with Crippen molar-refractivity contribution in [2.24, 2.45) is 0 Å². The van der Waals surface area contributed by atoms with Crippen molar-refractivity contribution in [2.45, 2.75) is 6.10 Å². The summed E-state index contributed by atoms with van der Waals surface area (Å²) in [5.41, 5.74) is 1.35. The number of carbonyl (C=O) groups is 1. The molecular formula is C15H11NO3S. The molecule has 1 atom stereocenters. The highest BCUT2D eigenvalue weighted by atomic mass is 32.1. The molecule has 0 bridgehead atoms. The van der Waals surface area contributed by atoms with E-state index in [9.17, 15) is 9.90 Å². The summed E-state index contributed by atoms with van der Waals surface area (Å²) < 4.78 is 0. The fourth-order valence-corrected chi connectivity index (χ4v) is 2.96. The lowest BCUT2D eigenvalue weighted by molar-refractivity contribution is 0.0692. The molecule has 0 radical (unpaired) electrons. The molecule has 4 nitrogen and oxygen atoms in total. The maximum absolute atomic E-state index is 11.1. The molecule has 0 aliphatic rings. The minimum atomic E-state index is -1.04. The van der Waals surface area contributed by atoms with Gasteiger partial charge in [0.25, 0.3) is 0 Å². The van der Waals surface area contributed by atoms with Crippen LogP contribution in [0.1, 0.15) is 27.0 Å². The molecule has 20 heavy (non-hydrogen) atoms. The quantitative estimate of drug-likeness (QED) is 0.776. The van der Waals surface area contributed by atoms with Crippen LogP contribution in [-0.2, 0) is 0 Å². The van der Waals surface area contributed by atoms with Gasteiger partial charge in [0.1, 0.15) is 6.10 Å². The average molecular weight is 285 g/mol. The molecule has 0 aliphatic heterocycles. The number of aliphatic hydroxyl groups excluding tert-OH is 1. The maximum atomic E-state index is 11.1. The van der Waals surface area contributed by atoms with Crippen LogP contribution in [0.2, 0.25) is 0 Å². The van der Waals surface area contributed by atoms with Gasteiger partial charge in [0.2, 0.25) is 0 Å². The average Bonchev–Trinajstić information content (AvgIpc) is 2.95. The fourth-order valence-electron chi connectivity index (χ4n) is 2.08. The smallest absolute Gasteiger partial charge is 0.336 e. The molecule has 1 aromatic carbocycles. The van der Waals surface area contributed by atoms with E-state index in [1.54, 1.807) is 11.4 Å². The number of fused-ring (bicyclic) bond motifs is 1. The molecular weight excluding hydrogens is 274 g/mol. The van der Waals surface area contributed by atoms with Gasteiger partial charge >= 0.3 is 5.97 Å². The summed E-state index contributed by atoms with van der Waals surface area (Å²) in [6.45, 7) is 0. The first-order chi connectivity index (χ1) is 9.66. The molecule has 3 aromatic rings. The number of carboxylic acids is 1. The van der Waals surface area contributed by atoms with E-state index in [-0.39, 0.29) is 5.56 Å². The molecule has 0 spiro atoms. The molecule has 0 fully saturated rings. The molecule has 1 unspecified atom stereocenters. The Labute approximate surface area is 119 Å². The van der Waals surface area contributed by atoms with Crippen LogP contribution in [-0.4, -0.2) is 21.2 Å². The van der Waals surface area contributed by atoms with E-state index in [0.717, 1.165) is 10.9 Å². The van der Waals surface area contributed by atoms with Crippen LogP contribution in [0, 0.1) is 0 Å². The van der Waals surface area contributed by atoms with Crippen molar-refractivity contribution in [3.8, 4) is 0 Å². The number of aromatic carboxylic acids is 1. The van der Waals surface area contributed by atoms with Crippen molar-refractivity contribution in [3.63, 3.8) is 0 Å². The third-order valence-corrected chi connectivity index (χ3v) is 4.04. The van der Waals surface area contributed by atoms with Gasteiger partial charge in [0, 0.05) is 5.39 Å². The number of pyridine rings is 1. The zero-order chi connectivity index (χ0) is 14.1.